The molecule has 0 spiro atoms. The molecule has 0 rings (SSSR count). The van der Waals surface area contributed by atoms with Crippen molar-refractivity contribution in [2.45, 2.75) is 26.7 Å². The Morgan fingerprint density at radius 3 is 2.44 bits per heavy atom. The van der Waals surface area contributed by atoms with E-state index in [4.69, 9.17) is 0 Å². The molecule has 0 aliphatic carbocycles. The van der Waals surface area contributed by atoms with E-state index in [0.29, 0.717) is 11.5 Å². The zero-order chi connectivity index (χ0) is 12.6. The van der Waals surface area contributed by atoms with Crippen LogP contribution in [-0.4, -0.2) is 34.2 Å². The minimum atomic E-state index is -0.809. The zero-order valence-electron chi connectivity index (χ0n) is 9.10. The van der Waals surface area contributed by atoms with E-state index in [2.05, 4.69) is 4.84 Å². The maximum absolute atomic E-state index is 11.2. The molecule has 0 aromatic heterocycles. The fraction of sp³-hybridized carbons (Fsp3) is 0.556. The largest absolute Gasteiger partial charge is 0.343 e. The van der Waals surface area contributed by atoms with Crippen LogP contribution in [0.25, 0.3) is 0 Å². The summed E-state index contributed by atoms with van der Waals surface area (Å²) in [6, 6.07) is 0. The molecule has 0 saturated heterocycles. The second-order valence-electron chi connectivity index (χ2n) is 2.82. The normalized spacial score (nSPS) is 9.38. The highest BCUT2D eigenvalue weighted by Gasteiger charge is 2.17. The number of nitrogens with zero attached hydrogens (tertiary/aromatic N) is 1. The van der Waals surface area contributed by atoms with Crippen LogP contribution in [0.1, 0.15) is 26.7 Å². The number of hydroxylamine groups is 2. The Kier molecular flexibility index (Phi) is 7.19. The first-order chi connectivity index (χ1) is 7.51. The smallest absolute Gasteiger partial charge is 0.330 e. The average Bonchev–Trinajstić information content (AvgIpc) is 2.23. The molecule has 16 heavy (non-hydrogen) atoms. The van der Waals surface area contributed by atoms with Crippen molar-refractivity contribution in [1.29, 1.82) is 0 Å². The second-order valence-corrected chi connectivity index (χ2v) is 3.97. The molecule has 0 aromatic carbocycles. The molecule has 90 valence electrons. The summed E-state index contributed by atoms with van der Waals surface area (Å²) in [7, 11) is 0. The topological polar surface area (TPSA) is 80.8 Å². The minimum Gasteiger partial charge on any atom is -0.330 e. The number of amides is 2. The molecule has 0 saturated carbocycles. The van der Waals surface area contributed by atoms with Crippen molar-refractivity contribution in [3.8, 4) is 0 Å². The SMILES string of the molecule is CCCC(=O)N(C=O)OC(=O)CSC(C)=O. The highest BCUT2D eigenvalue weighted by atomic mass is 32.2. The predicted molar refractivity (Wildman–Crippen MR) is 57.0 cm³/mol. The van der Waals surface area contributed by atoms with Gasteiger partial charge >= 0.3 is 5.97 Å². The summed E-state index contributed by atoms with van der Waals surface area (Å²) in [6.07, 6.45) is 0.795. The monoisotopic (exact) mass is 247 g/mol. The molecule has 2 amide bonds. The van der Waals surface area contributed by atoms with Crippen molar-refractivity contribution in [2.24, 2.45) is 0 Å². The fourth-order valence-electron chi connectivity index (χ4n) is 0.752. The van der Waals surface area contributed by atoms with Gasteiger partial charge in [-0.3, -0.25) is 14.4 Å². The number of carbonyl (C=O) groups is 4. The van der Waals surface area contributed by atoms with Crippen LogP contribution in [0.5, 0.6) is 0 Å². The van der Waals surface area contributed by atoms with Crippen LogP contribution < -0.4 is 0 Å². The van der Waals surface area contributed by atoms with E-state index in [1.54, 1.807) is 6.92 Å². The van der Waals surface area contributed by atoms with E-state index in [0.717, 1.165) is 11.8 Å². The lowest BCUT2D eigenvalue weighted by molar-refractivity contribution is -0.194. The molecular weight excluding hydrogens is 234 g/mol. The highest BCUT2D eigenvalue weighted by molar-refractivity contribution is 8.14. The van der Waals surface area contributed by atoms with Crippen molar-refractivity contribution in [2.75, 3.05) is 5.75 Å². The Hall–Kier alpha value is -1.37. The lowest BCUT2D eigenvalue weighted by Crippen LogP contribution is -2.32. The maximum Gasteiger partial charge on any atom is 0.343 e. The molecule has 7 heteroatoms. The van der Waals surface area contributed by atoms with Crippen molar-refractivity contribution in [3.05, 3.63) is 0 Å². The van der Waals surface area contributed by atoms with Crippen molar-refractivity contribution >= 4 is 35.2 Å². The maximum atomic E-state index is 11.2. The number of thioether (sulfide) groups is 1. The third kappa shape index (κ3) is 6.18. The van der Waals surface area contributed by atoms with Gasteiger partial charge in [-0.25, -0.2) is 4.79 Å². The Morgan fingerprint density at radius 1 is 1.38 bits per heavy atom. The van der Waals surface area contributed by atoms with E-state index in [9.17, 15) is 19.2 Å². The molecule has 6 nitrogen and oxygen atoms in total. The molecule has 0 heterocycles. The van der Waals surface area contributed by atoms with Gasteiger partial charge in [-0.05, 0) is 6.42 Å². The first kappa shape index (κ1) is 14.6. The first-order valence-corrected chi connectivity index (χ1v) is 5.61. The Labute approximate surface area is 97.3 Å². The predicted octanol–water partition coefficient (Wildman–Crippen LogP) is 0.509. The summed E-state index contributed by atoms with van der Waals surface area (Å²) in [6.45, 7) is 3.06. The summed E-state index contributed by atoms with van der Waals surface area (Å²) in [4.78, 5) is 47.7. The van der Waals surface area contributed by atoms with Crippen molar-refractivity contribution in [3.63, 3.8) is 0 Å². The zero-order valence-corrected chi connectivity index (χ0v) is 9.91. The van der Waals surface area contributed by atoms with Crippen LogP contribution in [0.15, 0.2) is 0 Å². The van der Waals surface area contributed by atoms with Crippen LogP contribution in [-0.2, 0) is 24.0 Å². The molecular formula is C9H13NO5S. The first-order valence-electron chi connectivity index (χ1n) is 4.62. The Morgan fingerprint density at radius 2 is 2.00 bits per heavy atom. The quantitative estimate of drug-likeness (QED) is 0.520. The van der Waals surface area contributed by atoms with Crippen molar-refractivity contribution in [1.82, 2.24) is 5.06 Å². The van der Waals surface area contributed by atoms with Gasteiger partial charge in [0.05, 0.1) is 0 Å². The van der Waals surface area contributed by atoms with Gasteiger partial charge in [0.1, 0.15) is 5.75 Å². The number of hydrogen-bond donors (Lipinski definition) is 0. The lowest BCUT2D eigenvalue weighted by atomic mass is 10.3. The Balaban J connectivity index is 4.11. The summed E-state index contributed by atoms with van der Waals surface area (Å²) in [5, 5.41) is 0.112. The van der Waals surface area contributed by atoms with Gasteiger partial charge < -0.3 is 4.84 Å². The summed E-state index contributed by atoms with van der Waals surface area (Å²) in [5.74, 6) is -1.62. The van der Waals surface area contributed by atoms with Crippen molar-refractivity contribution < 1.29 is 24.0 Å². The molecule has 0 aliphatic rings. The molecule has 0 aliphatic heterocycles. The molecule has 0 aromatic rings. The average molecular weight is 247 g/mol. The highest BCUT2D eigenvalue weighted by Crippen LogP contribution is 2.03. The van der Waals surface area contributed by atoms with E-state index < -0.39 is 11.9 Å². The van der Waals surface area contributed by atoms with E-state index in [-0.39, 0.29) is 23.7 Å². The number of hydrogen-bond acceptors (Lipinski definition) is 6. The van der Waals surface area contributed by atoms with Crippen LogP contribution in [0.2, 0.25) is 0 Å². The summed E-state index contributed by atoms with van der Waals surface area (Å²) >= 11 is 0.750. The van der Waals surface area contributed by atoms with Gasteiger partial charge in [0.2, 0.25) is 0 Å². The van der Waals surface area contributed by atoms with E-state index in [1.807, 2.05) is 0 Å². The van der Waals surface area contributed by atoms with Gasteiger partial charge in [0.15, 0.2) is 5.12 Å². The standard InChI is InChI=1S/C9H13NO5S/c1-3-4-8(13)10(6-11)15-9(14)5-16-7(2)12/h6H,3-5H2,1-2H3. The molecule has 0 fully saturated rings. The molecule has 0 atom stereocenters. The Bertz CT molecular complexity index is 292. The van der Waals surface area contributed by atoms with Gasteiger partial charge in [-0.2, -0.15) is 0 Å². The molecule has 0 radical (unpaired) electrons. The second kappa shape index (κ2) is 7.86. The van der Waals surface area contributed by atoms with Crippen LogP contribution in [0.4, 0.5) is 0 Å². The lowest BCUT2D eigenvalue weighted by Gasteiger charge is -2.13. The van der Waals surface area contributed by atoms with E-state index >= 15 is 0 Å². The number of imide groups is 1. The summed E-state index contributed by atoms with van der Waals surface area (Å²) in [5.41, 5.74) is 0. The van der Waals surface area contributed by atoms with Crippen LogP contribution in [0.3, 0.4) is 0 Å². The third-order valence-electron chi connectivity index (χ3n) is 1.40. The molecule has 0 N–H and O–H groups in total. The van der Waals surface area contributed by atoms with Gasteiger partial charge in [-0.15, -0.1) is 5.06 Å². The summed E-state index contributed by atoms with van der Waals surface area (Å²) < 4.78 is 0. The fourth-order valence-corrected chi connectivity index (χ4v) is 1.13. The molecule has 0 unspecified atom stereocenters. The third-order valence-corrected chi connectivity index (χ3v) is 2.19. The van der Waals surface area contributed by atoms with Gasteiger partial charge in [-0.1, -0.05) is 18.7 Å². The number of carbonyl (C=O) groups excluding carboxylic acids is 4. The number of rotatable bonds is 5. The van der Waals surface area contributed by atoms with Gasteiger partial charge in [0.25, 0.3) is 12.3 Å². The minimum absolute atomic E-state index is 0.117. The van der Waals surface area contributed by atoms with Gasteiger partial charge in [0, 0.05) is 13.3 Å². The molecule has 0 bridgehead atoms. The van der Waals surface area contributed by atoms with Crippen LogP contribution in [0, 0.1) is 0 Å². The van der Waals surface area contributed by atoms with Crippen LogP contribution >= 0.6 is 11.8 Å². The van der Waals surface area contributed by atoms with E-state index in [1.165, 1.54) is 6.92 Å².